The van der Waals surface area contributed by atoms with E-state index in [0.29, 0.717) is 5.56 Å². The lowest BCUT2D eigenvalue weighted by Gasteiger charge is -2.09. The summed E-state index contributed by atoms with van der Waals surface area (Å²) in [6.07, 6.45) is 1.15. The highest BCUT2D eigenvalue weighted by Crippen LogP contribution is 2.22. The first-order valence-corrected chi connectivity index (χ1v) is 6.21. The number of nitrogens with one attached hydrogen (secondary N) is 2. The van der Waals surface area contributed by atoms with Gasteiger partial charge in [0.2, 0.25) is 0 Å². The number of hydrogen-bond acceptors (Lipinski definition) is 3. The summed E-state index contributed by atoms with van der Waals surface area (Å²) in [6, 6.07) is 7.66. The van der Waals surface area contributed by atoms with Crippen molar-refractivity contribution in [1.82, 2.24) is 5.32 Å². The normalized spacial score (nSPS) is 9.81. The number of benzene rings is 1. The van der Waals surface area contributed by atoms with Crippen LogP contribution in [0.25, 0.3) is 0 Å². The molecular formula is C12H16BrN3. The lowest BCUT2D eigenvalue weighted by molar-refractivity contribution is 0.688. The van der Waals surface area contributed by atoms with Gasteiger partial charge in [-0.25, -0.2) is 0 Å². The summed E-state index contributed by atoms with van der Waals surface area (Å²) in [5.41, 5.74) is 1.69. The summed E-state index contributed by atoms with van der Waals surface area (Å²) in [5, 5.41) is 15.3. The summed E-state index contributed by atoms with van der Waals surface area (Å²) in [6.45, 7) is 5.03. The molecule has 3 nitrogen and oxygen atoms in total. The maximum absolute atomic E-state index is 8.72. The van der Waals surface area contributed by atoms with E-state index >= 15 is 0 Å². The Hall–Kier alpha value is -1.05. The first-order chi connectivity index (χ1) is 7.77. The molecule has 0 saturated heterocycles. The minimum atomic E-state index is 0.668. The second-order valence-electron chi connectivity index (χ2n) is 3.48. The topological polar surface area (TPSA) is 47.8 Å². The van der Waals surface area contributed by atoms with E-state index in [1.54, 1.807) is 0 Å². The van der Waals surface area contributed by atoms with Gasteiger partial charge in [0, 0.05) is 23.2 Å². The molecule has 0 aromatic heterocycles. The molecule has 0 unspecified atom stereocenters. The fraction of sp³-hybridized carbons (Fsp3) is 0.417. The second-order valence-corrected chi connectivity index (χ2v) is 4.34. The van der Waals surface area contributed by atoms with Crippen molar-refractivity contribution in [3.05, 3.63) is 28.2 Å². The summed E-state index contributed by atoms with van der Waals surface area (Å²) in [7, 11) is 0. The van der Waals surface area contributed by atoms with Crippen molar-refractivity contribution in [2.45, 2.75) is 13.3 Å². The molecule has 0 saturated carbocycles. The highest BCUT2D eigenvalue weighted by molar-refractivity contribution is 9.10. The van der Waals surface area contributed by atoms with Crippen molar-refractivity contribution in [2.24, 2.45) is 0 Å². The number of halogens is 1. The molecule has 16 heavy (non-hydrogen) atoms. The summed E-state index contributed by atoms with van der Waals surface area (Å²) in [5.74, 6) is 0. The SMILES string of the molecule is CCCNCCNc1ccc(C#N)cc1Br. The van der Waals surface area contributed by atoms with Crippen molar-refractivity contribution in [2.75, 3.05) is 25.0 Å². The predicted molar refractivity (Wildman–Crippen MR) is 70.5 cm³/mol. The van der Waals surface area contributed by atoms with Crippen LogP contribution in [-0.2, 0) is 0 Å². The Kier molecular flexibility index (Phi) is 5.91. The fourth-order valence-electron chi connectivity index (χ4n) is 1.32. The number of hydrogen-bond donors (Lipinski definition) is 2. The smallest absolute Gasteiger partial charge is 0.0992 e. The monoisotopic (exact) mass is 281 g/mol. The van der Waals surface area contributed by atoms with Gasteiger partial charge in [-0.15, -0.1) is 0 Å². The fourth-order valence-corrected chi connectivity index (χ4v) is 1.83. The first kappa shape index (κ1) is 13.0. The molecule has 2 N–H and O–H groups in total. The molecule has 0 aliphatic rings. The Morgan fingerprint density at radius 3 is 2.75 bits per heavy atom. The standard InChI is InChI=1S/C12H16BrN3/c1-2-5-15-6-7-16-12-4-3-10(9-14)8-11(12)13/h3-4,8,15-16H,2,5-7H2,1H3. The number of anilines is 1. The number of nitrogens with zero attached hydrogens (tertiary/aromatic N) is 1. The Morgan fingerprint density at radius 1 is 1.31 bits per heavy atom. The van der Waals surface area contributed by atoms with Gasteiger partial charge in [-0.3, -0.25) is 0 Å². The molecule has 0 amide bonds. The molecule has 0 fully saturated rings. The second kappa shape index (κ2) is 7.26. The average Bonchev–Trinajstić information content (AvgIpc) is 2.30. The third kappa shape index (κ3) is 4.21. The van der Waals surface area contributed by atoms with E-state index in [1.165, 1.54) is 0 Å². The van der Waals surface area contributed by atoms with Crippen LogP contribution in [0.5, 0.6) is 0 Å². The summed E-state index contributed by atoms with van der Waals surface area (Å²) >= 11 is 3.44. The van der Waals surface area contributed by atoms with E-state index < -0.39 is 0 Å². The van der Waals surface area contributed by atoms with Crippen LogP contribution in [0.2, 0.25) is 0 Å². The van der Waals surface area contributed by atoms with Gasteiger partial charge < -0.3 is 10.6 Å². The van der Waals surface area contributed by atoms with Crippen LogP contribution in [0, 0.1) is 11.3 Å². The van der Waals surface area contributed by atoms with Crippen molar-refractivity contribution < 1.29 is 0 Å². The van der Waals surface area contributed by atoms with Gasteiger partial charge in [-0.1, -0.05) is 6.92 Å². The summed E-state index contributed by atoms with van der Waals surface area (Å²) in [4.78, 5) is 0. The van der Waals surface area contributed by atoms with E-state index in [9.17, 15) is 0 Å². The van der Waals surface area contributed by atoms with Crippen molar-refractivity contribution >= 4 is 21.6 Å². The molecule has 0 heterocycles. The minimum Gasteiger partial charge on any atom is -0.383 e. The molecule has 0 radical (unpaired) electrons. The lowest BCUT2D eigenvalue weighted by Crippen LogP contribution is -2.22. The molecule has 0 aliphatic heterocycles. The van der Waals surface area contributed by atoms with E-state index in [2.05, 4.69) is 39.6 Å². The first-order valence-electron chi connectivity index (χ1n) is 5.42. The van der Waals surface area contributed by atoms with Crippen LogP contribution < -0.4 is 10.6 Å². The molecule has 0 spiro atoms. The third-order valence-corrected chi connectivity index (χ3v) is 2.80. The average molecular weight is 282 g/mol. The quantitative estimate of drug-likeness (QED) is 0.789. The van der Waals surface area contributed by atoms with Crippen LogP contribution in [-0.4, -0.2) is 19.6 Å². The molecule has 4 heteroatoms. The largest absolute Gasteiger partial charge is 0.383 e. The predicted octanol–water partition coefficient (Wildman–Crippen LogP) is 2.73. The van der Waals surface area contributed by atoms with E-state index in [0.717, 1.165) is 36.2 Å². The Morgan fingerprint density at radius 2 is 2.12 bits per heavy atom. The highest BCUT2D eigenvalue weighted by Gasteiger charge is 1.99. The Balaban J connectivity index is 2.40. The van der Waals surface area contributed by atoms with Gasteiger partial charge in [0.15, 0.2) is 0 Å². The van der Waals surface area contributed by atoms with Crippen LogP contribution in [0.1, 0.15) is 18.9 Å². The van der Waals surface area contributed by atoms with E-state index in [1.807, 2.05) is 18.2 Å². The van der Waals surface area contributed by atoms with Crippen LogP contribution in [0.4, 0.5) is 5.69 Å². The number of rotatable bonds is 6. The van der Waals surface area contributed by atoms with Gasteiger partial charge >= 0.3 is 0 Å². The van der Waals surface area contributed by atoms with Crippen LogP contribution >= 0.6 is 15.9 Å². The molecule has 1 rings (SSSR count). The third-order valence-electron chi connectivity index (χ3n) is 2.14. The van der Waals surface area contributed by atoms with Gasteiger partial charge in [0.25, 0.3) is 0 Å². The molecular weight excluding hydrogens is 266 g/mol. The highest BCUT2D eigenvalue weighted by atomic mass is 79.9. The molecule has 0 atom stereocenters. The zero-order valence-corrected chi connectivity index (χ0v) is 11.0. The Bertz CT molecular complexity index is 371. The van der Waals surface area contributed by atoms with E-state index in [-0.39, 0.29) is 0 Å². The molecule has 0 aliphatic carbocycles. The minimum absolute atomic E-state index is 0.668. The van der Waals surface area contributed by atoms with E-state index in [4.69, 9.17) is 5.26 Å². The zero-order valence-electron chi connectivity index (χ0n) is 9.39. The maximum Gasteiger partial charge on any atom is 0.0992 e. The van der Waals surface area contributed by atoms with Crippen LogP contribution in [0.3, 0.4) is 0 Å². The van der Waals surface area contributed by atoms with Gasteiger partial charge in [-0.2, -0.15) is 5.26 Å². The van der Waals surface area contributed by atoms with Crippen molar-refractivity contribution in [3.8, 4) is 6.07 Å². The van der Waals surface area contributed by atoms with Gasteiger partial charge in [0.1, 0.15) is 0 Å². The molecule has 86 valence electrons. The lowest BCUT2D eigenvalue weighted by atomic mass is 10.2. The zero-order chi connectivity index (χ0) is 11.8. The molecule has 1 aromatic rings. The van der Waals surface area contributed by atoms with Gasteiger partial charge in [0.05, 0.1) is 11.6 Å². The van der Waals surface area contributed by atoms with Crippen LogP contribution in [0.15, 0.2) is 22.7 Å². The number of nitriles is 1. The molecule has 0 bridgehead atoms. The molecule has 1 aromatic carbocycles. The van der Waals surface area contributed by atoms with Gasteiger partial charge in [-0.05, 0) is 47.1 Å². The Labute approximate surface area is 105 Å². The van der Waals surface area contributed by atoms with Crippen molar-refractivity contribution in [1.29, 1.82) is 5.26 Å². The maximum atomic E-state index is 8.72. The van der Waals surface area contributed by atoms with Crippen molar-refractivity contribution in [3.63, 3.8) is 0 Å². The summed E-state index contributed by atoms with van der Waals surface area (Å²) < 4.78 is 0.932.